The largest absolute Gasteiger partial charge is 0.384 e. The van der Waals surface area contributed by atoms with Crippen LogP contribution in [-0.2, 0) is 0 Å². The summed E-state index contributed by atoms with van der Waals surface area (Å²) >= 11 is 0. The number of aromatic amines is 1. The number of hydrogen-bond acceptors (Lipinski definition) is 2. The molecule has 3 aromatic carbocycles. The van der Waals surface area contributed by atoms with Crippen LogP contribution >= 0.6 is 0 Å². The number of nitrogen functional groups attached to an aromatic ring is 2. The van der Waals surface area contributed by atoms with Crippen molar-refractivity contribution in [2.75, 3.05) is 0 Å². The molecule has 4 rings (SSSR count). The maximum absolute atomic E-state index is 8.08. The Morgan fingerprint density at radius 1 is 0.741 bits per heavy atom. The third-order valence-electron chi connectivity index (χ3n) is 4.62. The Labute approximate surface area is 156 Å². The van der Waals surface area contributed by atoms with Gasteiger partial charge in [0.2, 0.25) is 0 Å². The number of rotatable bonds is 4. The molecule has 0 bridgehead atoms. The second-order valence-corrected chi connectivity index (χ2v) is 6.38. The lowest BCUT2D eigenvalue weighted by atomic mass is 9.94. The molecule has 0 saturated heterocycles. The molecule has 0 aliphatic carbocycles. The van der Waals surface area contributed by atoms with Gasteiger partial charge in [-0.15, -0.1) is 0 Å². The number of fused-ring (bicyclic) bond motifs is 1. The molecule has 0 unspecified atom stereocenters. The molecular formula is C22H19N5. The van der Waals surface area contributed by atoms with Gasteiger partial charge in [-0.05, 0) is 23.3 Å². The first kappa shape index (κ1) is 16.6. The minimum atomic E-state index is -0.0588. The van der Waals surface area contributed by atoms with Gasteiger partial charge in [-0.2, -0.15) is 0 Å². The molecule has 0 atom stereocenters. The lowest BCUT2D eigenvalue weighted by Crippen LogP contribution is -2.16. The third kappa shape index (κ3) is 2.85. The van der Waals surface area contributed by atoms with E-state index in [0.29, 0.717) is 11.1 Å². The smallest absolute Gasteiger partial charge is 0.123 e. The molecule has 0 spiro atoms. The fourth-order valence-corrected chi connectivity index (χ4v) is 3.41. The second kappa shape index (κ2) is 6.46. The monoisotopic (exact) mass is 353 g/mol. The van der Waals surface area contributed by atoms with Crippen molar-refractivity contribution in [2.45, 2.75) is 0 Å². The normalized spacial score (nSPS) is 10.8. The van der Waals surface area contributed by atoms with Gasteiger partial charge < -0.3 is 16.5 Å². The van der Waals surface area contributed by atoms with Gasteiger partial charge in [-0.1, -0.05) is 60.7 Å². The van der Waals surface area contributed by atoms with E-state index in [-0.39, 0.29) is 11.7 Å². The number of nitrogens with two attached hydrogens (primary N) is 2. The van der Waals surface area contributed by atoms with Crippen molar-refractivity contribution in [3.8, 4) is 22.4 Å². The molecule has 132 valence electrons. The first-order valence-electron chi connectivity index (χ1n) is 8.55. The Morgan fingerprint density at radius 3 is 1.89 bits per heavy atom. The molecule has 1 heterocycles. The number of H-pyrrole nitrogens is 1. The minimum absolute atomic E-state index is 0.0566. The van der Waals surface area contributed by atoms with Gasteiger partial charge >= 0.3 is 0 Å². The Bertz CT molecular complexity index is 1160. The maximum atomic E-state index is 8.08. The molecule has 27 heavy (non-hydrogen) atoms. The molecule has 0 aliphatic heterocycles. The predicted octanol–water partition coefficient (Wildman–Crippen LogP) is 4.07. The number of aromatic nitrogens is 1. The molecule has 1 aromatic heterocycles. The molecule has 0 radical (unpaired) electrons. The van der Waals surface area contributed by atoms with Crippen LogP contribution in [0.3, 0.4) is 0 Å². The number of nitrogens with one attached hydrogen (secondary N) is 3. The molecule has 5 nitrogen and oxygen atoms in total. The zero-order chi connectivity index (χ0) is 19.0. The second-order valence-electron chi connectivity index (χ2n) is 6.38. The van der Waals surface area contributed by atoms with Crippen molar-refractivity contribution in [2.24, 2.45) is 11.5 Å². The Morgan fingerprint density at radius 2 is 1.33 bits per heavy atom. The molecule has 0 saturated carbocycles. The highest BCUT2D eigenvalue weighted by molar-refractivity contribution is 6.17. The van der Waals surface area contributed by atoms with Crippen molar-refractivity contribution < 1.29 is 0 Å². The van der Waals surface area contributed by atoms with E-state index in [1.807, 2.05) is 66.7 Å². The lowest BCUT2D eigenvalue weighted by Gasteiger charge is -2.09. The first-order chi connectivity index (χ1) is 13.1. The summed E-state index contributed by atoms with van der Waals surface area (Å²) in [5, 5.41) is 16.7. The van der Waals surface area contributed by atoms with Crippen LogP contribution in [0.1, 0.15) is 11.1 Å². The standard InChI is InChI=1S/C22H19N5/c23-21(24)15-11-16(22(25)26)19-17(12-15)27-20(14-9-5-2-6-10-14)18(19)13-7-3-1-4-8-13/h1-12,27H,(H3,23,24)(H3,25,26). The topological polar surface area (TPSA) is 116 Å². The van der Waals surface area contributed by atoms with Crippen LogP contribution in [0, 0.1) is 10.8 Å². The van der Waals surface area contributed by atoms with Crippen molar-refractivity contribution in [3.63, 3.8) is 0 Å². The highest BCUT2D eigenvalue weighted by Crippen LogP contribution is 2.40. The summed E-state index contributed by atoms with van der Waals surface area (Å²) in [5.41, 5.74) is 17.5. The molecule has 0 amide bonds. The number of hydrogen-bond donors (Lipinski definition) is 5. The molecule has 7 N–H and O–H groups in total. The van der Waals surface area contributed by atoms with Crippen molar-refractivity contribution in [1.29, 1.82) is 10.8 Å². The molecular weight excluding hydrogens is 334 g/mol. The molecule has 4 aromatic rings. The maximum Gasteiger partial charge on any atom is 0.123 e. The van der Waals surface area contributed by atoms with Crippen molar-refractivity contribution >= 4 is 22.6 Å². The van der Waals surface area contributed by atoms with E-state index in [0.717, 1.165) is 33.3 Å². The highest BCUT2D eigenvalue weighted by atomic mass is 14.8. The fraction of sp³-hybridized carbons (Fsp3) is 0. The summed E-state index contributed by atoms with van der Waals surface area (Å²) < 4.78 is 0. The van der Waals surface area contributed by atoms with Gasteiger partial charge in [0.15, 0.2) is 0 Å². The highest BCUT2D eigenvalue weighted by Gasteiger charge is 2.20. The van der Waals surface area contributed by atoms with Crippen LogP contribution in [-0.4, -0.2) is 16.7 Å². The van der Waals surface area contributed by atoms with Gasteiger partial charge in [0.1, 0.15) is 11.7 Å². The van der Waals surface area contributed by atoms with Gasteiger partial charge in [0.25, 0.3) is 0 Å². The van der Waals surface area contributed by atoms with Gasteiger partial charge in [0, 0.05) is 27.6 Å². The molecule has 5 heteroatoms. The average Bonchev–Trinajstić information content (AvgIpc) is 3.08. The SMILES string of the molecule is N=C(N)c1cc(C(=N)N)c2c(-c3ccccc3)c(-c3ccccc3)[nH]c2c1. The molecule has 0 fully saturated rings. The van der Waals surface area contributed by atoms with E-state index in [1.165, 1.54) is 0 Å². The van der Waals surface area contributed by atoms with E-state index in [4.69, 9.17) is 22.3 Å². The van der Waals surface area contributed by atoms with Crippen LogP contribution in [0.15, 0.2) is 72.8 Å². The van der Waals surface area contributed by atoms with Crippen molar-refractivity contribution in [3.05, 3.63) is 83.9 Å². The number of benzene rings is 3. The van der Waals surface area contributed by atoms with E-state index in [9.17, 15) is 0 Å². The summed E-state index contributed by atoms with van der Waals surface area (Å²) in [6.45, 7) is 0. The van der Waals surface area contributed by atoms with Crippen LogP contribution in [0.2, 0.25) is 0 Å². The van der Waals surface area contributed by atoms with Crippen LogP contribution in [0.4, 0.5) is 0 Å². The molecule has 0 aliphatic rings. The van der Waals surface area contributed by atoms with Crippen molar-refractivity contribution in [1.82, 2.24) is 4.98 Å². The lowest BCUT2D eigenvalue weighted by molar-refractivity contribution is 1.40. The summed E-state index contributed by atoms with van der Waals surface area (Å²) in [5.74, 6) is -0.115. The van der Waals surface area contributed by atoms with E-state index in [1.54, 1.807) is 6.07 Å². The number of amidine groups is 2. The summed E-state index contributed by atoms with van der Waals surface area (Å²) in [6, 6.07) is 23.6. The van der Waals surface area contributed by atoms with Gasteiger partial charge in [0.05, 0.1) is 5.69 Å². The first-order valence-corrected chi connectivity index (χ1v) is 8.55. The van der Waals surface area contributed by atoms with Crippen LogP contribution < -0.4 is 11.5 Å². The zero-order valence-corrected chi connectivity index (χ0v) is 14.6. The summed E-state index contributed by atoms with van der Waals surface area (Å²) in [6.07, 6.45) is 0. The van der Waals surface area contributed by atoms with Crippen LogP contribution in [0.5, 0.6) is 0 Å². The Balaban J connectivity index is 2.16. The Kier molecular flexibility index (Phi) is 3.97. The van der Waals surface area contributed by atoms with Crippen LogP contribution in [0.25, 0.3) is 33.3 Å². The van der Waals surface area contributed by atoms with E-state index >= 15 is 0 Å². The van der Waals surface area contributed by atoms with Gasteiger partial charge in [-0.25, -0.2) is 0 Å². The quantitative estimate of drug-likeness (QED) is 0.281. The average molecular weight is 353 g/mol. The Hall–Kier alpha value is -3.86. The third-order valence-corrected chi connectivity index (χ3v) is 4.62. The minimum Gasteiger partial charge on any atom is -0.384 e. The summed E-state index contributed by atoms with van der Waals surface area (Å²) in [4.78, 5) is 3.47. The fourth-order valence-electron chi connectivity index (χ4n) is 3.41. The zero-order valence-electron chi connectivity index (χ0n) is 14.6. The van der Waals surface area contributed by atoms with E-state index in [2.05, 4.69) is 4.98 Å². The van der Waals surface area contributed by atoms with Gasteiger partial charge in [-0.3, -0.25) is 10.8 Å². The summed E-state index contributed by atoms with van der Waals surface area (Å²) in [7, 11) is 0. The predicted molar refractivity (Wildman–Crippen MR) is 111 cm³/mol. The van der Waals surface area contributed by atoms with E-state index < -0.39 is 0 Å².